The third-order valence-corrected chi connectivity index (χ3v) is 16.2. The standard InChI is InChI=1S/C38H60N4O6S/c1-7-26-21-36(26,33(46)40-49(47,48)41-18-11-12-19-41)23-30(44)28-22-38(35(5,6)37(38)16-13-17-37)24-42(28)32(45)27(34(2,3)4)20-29(43)31(39)25-14-9-8-10-15-25/h7,25-28,31H,1,8-24,39H2,2-6H3,(H,40,46)/t26-,27-,28+,31?,36-,38-/m1/s1. The first-order chi connectivity index (χ1) is 22.9. The van der Waals surface area contributed by atoms with Gasteiger partial charge in [-0.15, -0.1) is 6.58 Å². The summed E-state index contributed by atoms with van der Waals surface area (Å²) in [7, 11) is -4.02. The summed E-state index contributed by atoms with van der Waals surface area (Å²) in [6.07, 6.45) is 12.3. The largest absolute Gasteiger partial charge is 0.332 e. The van der Waals surface area contributed by atoms with Gasteiger partial charge in [-0.25, -0.2) is 4.72 Å². The molecule has 6 atom stereocenters. The minimum Gasteiger partial charge on any atom is -0.332 e. The normalized spacial score (nSPS) is 33.6. The van der Waals surface area contributed by atoms with Gasteiger partial charge in [-0.1, -0.05) is 66.4 Å². The zero-order valence-corrected chi connectivity index (χ0v) is 31.3. The maximum Gasteiger partial charge on any atom is 0.303 e. The van der Waals surface area contributed by atoms with E-state index in [9.17, 15) is 27.6 Å². The molecule has 6 aliphatic rings. The van der Waals surface area contributed by atoms with Crippen molar-refractivity contribution in [3.8, 4) is 0 Å². The molecule has 2 saturated heterocycles. The Hall–Kier alpha value is -2.11. The molecule has 0 radical (unpaired) electrons. The average molecular weight is 701 g/mol. The van der Waals surface area contributed by atoms with Gasteiger partial charge in [0.25, 0.3) is 0 Å². The predicted octanol–water partition coefficient (Wildman–Crippen LogP) is 4.92. The Morgan fingerprint density at radius 2 is 1.59 bits per heavy atom. The summed E-state index contributed by atoms with van der Waals surface area (Å²) < 4.78 is 29.7. The van der Waals surface area contributed by atoms with Crippen molar-refractivity contribution >= 4 is 33.6 Å². The van der Waals surface area contributed by atoms with Crippen LogP contribution in [0.5, 0.6) is 0 Å². The highest BCUT2D eigenvalue weighted by molar-refractivity contribution is 7.87. The van der Waals surface area contributed by atoms with Crippen LogP contribution in [-0.2, 0) is 29.4 Å². The van der Waals surface area contributed by atoms with E-state index in [-0.39, 0.29) is 58.4 Å². The van der Waals surface area contributed by atoms with Crippen molar-refractivity contribution in [2.75, 3.05) is 19.6 Å². The number of hydrogen-bond donors (Lipinski definition) is 2. The van der Waals surface area contributed by atoms with Crippen molar-refractivity contribution in [3.63, 3.8) is 0 Å². The molecule has 0 aromatic carbocycles. The lowest BCUT2D eigenvalue weighted by atomic mass is 9.73. The molecule has 6 rings (SSSR count). The summed E-state index contributed by atoms with van der Waals surface area (Å²) >= 11 is 0. The number of likely N-dealkylation sites (tertiary alicyclic amines) is 1. The molecule has 2 amide bonds. The first kappa shape index (κ1) is 36.7. The predicted molar refractivity (Wildman–Crippen MR) is 188 cm³/mol. The van der Waals surface area contributed by atoms with Crippen LogP contribution in [0.25, 0.3) is 0 Å². The van der Waals surface area contributed by atoms with E-state index < -0.39 is 44.9 Å². The summed E-state index contributed by atoms with van der Waals surface area (Å²) in [4.78, 5) is 58.7. The molecule has 10 nitrogen and oxygen atoms in total. The monoisotopic (exact) mass is 700 g/mol. The van der Waals surface area contributed by atoms with E-state index in [0.717, 1.165) is 64.2 Å². The Kier molecular flexibility index (Phi) is 9.38. The minimum absolute atomic E-state index is 0.0399. The van der Waals surface area contributed by atoms with Crippen molar-refractivity contribution in [2.24, 2.45) is 50.6 Å². The van der Waals surface area contributed by atoms with Crippen LogP contribution in [0.2, 0.25) is 0 Å². The fourth-order valence-electron chi connectivity index (χ4n) is 11.0. The first-order valence-corrected chi connectivity index (χ1v) is 20.4. The molecule has 3 N–H and O–H groups in total. The lowest BCUT2D eigenvalue weighted by Gasteiger charge is -2.36. The van der Waals surface area contributed by atoms with Gasteiger partial charge in [0, 0.05) is 43.8 Å². The average Bonchev–Trinajstić information content (AvgIpc) is 3.49. The number of ketones is 2. The van der Waals surface area contributed by atoms with Crippen molar-refractivity contribution in [1.82, 2.24) is 13.9 Å². The number of carbonyl (C=O) groups is 4. The van der Waals surface area contributed by atoms with Crippen molar-refractivity contribution < 1.29 is 27.6 Å². The van der Waals surface area contributed by atoms with Gasteiger partial charge in [-0.3, -0.25) is 19.2 Å². The highest BCUT2D eigenvalue weighted by atomic mass is 32.2. The number of Topliss-reactive ketones (excluding diaryl/α,β-unsaturated/α-hetero) is 2. The van der Waals surface area contributed by atoms with Crippen molar-refractivity contribution in [3.05, 3.63) is 12.7 Å². The van der Waals surface area contributed by atoms with Crippen LogP contribution in [0.1, 0.15) is 125 Å². The number of carbonyl (C=O) groups excluding carboxylic acids is 4. The van der Waals surface area contributed by atoms with Crippen LogP contribution in [0.4, 0.5) is 0 Å². The first-order valence-electron chi connectivity index (χ1n) is 18.9. The second-order valence-corrected chi connectivity index (χ2v) is 19.9. The second kappa shape index (κ2) is 12.5. The zero-order chi connectivity index (χ0) is 35.8. The van der Waals surface area contributed by atoms with Gasteiger partial charge in [0.1, 0.15) is 0 Å². The van der Waals surface area contributed by atoms with Crippen LogP contribution < -0.4 is 10.5 Å². The second-order valence-electron chi connectivity index (χ2n) is 18.2. The van der Waals surface area contributed by atoms with E-state index in [4.69, 9.17) is 5.73 Å². The number of nitrogens with one attached hydrogen (secondary N) is 1. The van der Waals surface area contributed by atoms with E-state index in [0.29, 0.717) is 32.5 Å². The van der Waals surface area contributed by atoms with Crippen LogP contribution >= 0.6 is 0 Å². The van der Waals surface area contributed by atoms with E-state index in [2.05, 4.69) is 25.1 Å². The van der Waals surface area contributed by atoms with Gasteiger partial charge in [0.15, 0.2) is 11.6 Å². The summed E-state index contributed by atoms with van der Waals surface area (Å²) in [6.45, 7) is 15.5. The molecule has 274 valence electrons. The third-order valence-electron chi connectivity index (χ3n) is 14.7. The lowest BCUT2D eigenvalue weighted by molar-refractivity contribution is -0.146. The molecular formula is C38H60N4O6S. The van der Waals surface area contributed by atoms with Crippen LogP contribution in [0.3, 0.4) is 0 Å². The zero-order valence-electron chi connectivity index (χ0n) is 30.5. The van der Waals surface area contributed by atoms with Crippen molar-refractivity contribution in [2.45, 2.75) is 137 Å². The molecule has 1 unspecified atom stereocenters. The summed E-state index contributed by atoms with van der Waals surface area (Å²) in [5, 5.41) is 0. The molecule has 4 saturated carbocycles. The SMILES string of the molecule is C=C[C@@H]1C[C@]1(CC(=O)[C@@H]1C[C@@]2(CN1C(=O)[C@@H](CC(=O)C(N)C1CCCCC1)C(C)(C)C)C(C)(C)C21CCC1)C(=O)NS(=O)(=O)N1CCCC1. The number of hydrogen-bond acceptors (Lipinski definition) is 7. The van der Waals surface area contributed by atoms with Gasteiger partial charge >= 0.3 is 10.2 Å². The fourth-order valence-corrected chi connectivity index (χ4v) is 12.3. The summed E-state index contributed by atoms with van der Waals surface area (Å²) in [5.41, 5.74) is 4.60. The van der Waals surface area contributed by atoms with E-state index in [1.54, 1.807) is 11.0 Å². The summed E-state index contributed by atoms with van der Waals surface area (Å²) in [5.74, 6) is -1.99. The molecule has 49 heavy (non-hydrogen) atoms. The number of fused-ring (bicyclic) bond motifs is 1. The molecule has 6 fully saturated rings. The number of allylic oxidation sites excluding steroid dienone is 1. The molecule has 0 bridgehead atoms. The van der Waals surface area contributed by atoms with E-state index in [1.165, 1.54) is 4.31 Å². The molecule has 0 aromatic rings. The fraction of sp³-hybridized carbons (Fsp3) is 0.842. The van der Waals surface area contributed by atoms with Crippen LogP contribution in [0, 0.1) is 44.8 Å². The lowest BCUT2D eigenvalue weighted by Crippen LogP contribution is -2.50. The number of amides is 2. The van der Waals surface area contributed by atoms with Crippen molar-refractivity contribution in [1.29, 1.82) is 0 Å². The quantitative estimate of drug-likeness (QED) is 0.275. The molecule has 4 aliphatic carbocycles. The Bertz CT molecular complexity index is 1490. The minimum atomic E-state index is -4.02. The third kappa shape index (κ3) is 5.85. The molecule has 11 heteroatoms. The van der Waals surface area contributed by atoms with Gasteiger partial charge in [0.05, 0.1) is 17.5 Å². The van der Waals surface area contributed by atoms with E-state index >= 15 is 0 Å². The molecular weight excluding hydrogens is 641 g/mol. The molecule has 2 heterocycles. The van der Waals surface area contributed by atoms with Gasteiger partial charge in [-0.2, -0.15) is 12.7 Å². The Morgan fingerprint density at radius 1 is 0.959 bits per heavy atom. The maximum atomic E-state index is 14.9. The topological polar surface area (TPSA) is 147 Å². The highest BCUT2D eigenvalue weighted by Gasteiger charge is 2.85. The molecule has 2 spiro atoms. The van der Waals surface area contributed by atoms with Gasteiger partial charge in [-0.05, 0) is 79.4 Å². The smallest absolute Gasteiger partial charge is 0.303 e. The van der Waals surface area contributed by atoms with Gasteiger partial charge < -0.3 is 10.6 Å². The number of nitrogens with zero attached hydrogens (tertiary/aromatic N) is 2. The Balaban J connectivity index is 1.26. The van der Waals surface area contributed by atoms with Gasteiger partial charge in [0.2, 0.25) is 11.8 Å². The number of rotatable bonds is 12. The maximum absolute atomic E-state index is 14.9. The summed E-state index contributed by atoms with van der Waals surface area (Å²) in [6, 6.07) is -1.34. The highest BCUT2D eigenvalue weighted by Crippen LogP contribution is 2.88. The Labute approximate surface area is 293 Å². The molecule has 2 aliphatic heterocycles. The number of nitrogens with two attached hydrogens (primary N) is 1. The molecule has 0 aromatic heterocycles. The van der Waals surface area contributed by atoms with Crippen LogP contribution in [-0.4, -0.2) is 72.7 Å². The Morgan fingerprint density at radius 3 is 2.10 bits per heavy atom. The van der Waals surface area contributed by atoms with E-state index in [1.807, 2.05) is 20.8 Å². The van der Waals surface area contributed by atoms with Crippen LogP contribution in [0.15, 0.2) is 12.7 Å².